The van der Waals surface area contributed by atoms with Gasteiger partial charge in [-0.1, -0.05) is 6.92 Å². The highest BCUT2D eigenvalue weighted by Crippen LogP contribution is 2.37. The van der Waals surface area contributed by atoms with Gasteiger partial charge in [0.1, 0.15) is 18.7 Å². The third-order valence-electron chi connectivity index (χ3n) is 5.39. The predicted molar refractivity (Wildman–Crippen MR) is 116 cm³/mol. The van der Waals surface area contributed by atoms with Crippen LogP contribution in [0.15, 0.2) is 42.9 Å². The van der Waals surface area contributed by atoms with Crippen LogP contribution in [0, 0.1) is 0 Å². The van der Waals surface area contributed by atoms with E-state index < -0.39 is 65.8 Å². The average Bonchev–Trinajstić information content (AvgIpc) is 3.31. The number of aromatic nitrogens is 4. The minimum absolute atomic E-state index is 0.00659. The molecule has 0 unspecified atom stereocenters. The lowest BCUT2D eigenvalue weighted by molar-refractivity contribution is -0.143. The van der Waals surface area contributed by atoms with E-state index in [0.717, 1.165) is 36.4 Å². The Morgan fingerprint density at radius 3 is 2.03 bits per heavy atom. The van der Waals surface area contributed by atoms with Gasteiger partial charge in [0.25, 0.3) is 5.91 Å². The van der Waals surface area contributed by atoms with E-state index in [-0.39, 0.29) is 23.3 Å². The summed E-state index contributed by atoms with van der Waals surface area (Å²) in [4.78, 5) is 33.5. The summed E-state index contributed by atoms with van der Waals surface area (Å²) in [5.41, 5.74) is -4.27. The number of amides is 1. The Balaban J connectivity index is 1.88. The van der Waals surface area contributed by atoms with Crippen molar-refractivity contribution in [2.75, 3.05) is 13.6 Å². The fraction of sp³-hybridized carbons (Fsp3) is 0.348. The summed E-state index contributed by atoms with van der Waals surface area (Å²) in [7, 11) is 0.947. The van der Waals surface area contributed by atoms with Crippen molar-refractivity contribution in [3.05, 3.63) is 70.9 Å². The van der Waals surface area contributed by atoms with E-state index in [0.29, 0.717) is 17.0 Å². The van der Waals surface area contributed by atoms with Crippen LogP contribution >= 0.6 is 0 Å². The zero-order chi connectivity index (χ0) is 29.3. The van der Waals surface area contributed by atoms with Crippen LogP contribution in [0.2, 0.25) is 0 Å². The molecule has 7 nitrogen and oxygen atoms in total. The normalized spacial score (nSPS) is 13.3. The molecule has 0 bridgehead atoms. The van der Waals surface area contributed by atoms with Gasteiger partial charge < -0.3 is 4.90 Å². The molecule has 1 atom stereocenters. The van der Waals surface area contributed by atoms with Crippen molar-refractivity contribution in [2.45, 2.75) is 37.8 Å². The second kappa shape index (κ2) is 10.6. The number of carbonyl (C=O) groups is 2. The van der Waals surface area contributed by atoms with Gasteiger partial charge in [0.2, 0.25) is 0 Å². The van der Waals surface area contributed by atoms with E-state index >= 15 is 0 Å². The third-order valence-corrected chi connectivity index (χ3v) is 5.39. The highest BCUT2D eigenvalue weighted by atomic mass is 19.4. The van der Waals surface area contributed by atoms with Crippen molar-refractivity contribution in [1.82, 2.24) is 24.6 Å². The minimum Gasteiger partial charge on any atom is -0.333 e. The van der Waals surface area contributed by atoms with Crippen molar-refractivity contribution in [3.8, 4) is 5.82 Å². The quantitative estimate of drug-likeness (QED) is 0.270. The summed E-state index contributed by atoms with van der Waals surface area (Å²) in [5.74, 6) is -3.01. The SMILES string of the molecule is C[C@H](CC(=O)c1cc(C(F)(F)F)cc(C(F)(F)F)c1)c1ncnn1-c1cc(C(=O)N(C)CC(F)(F)F)ccn1. The van der Waals surface area contributed by atoms with Crippen LogP contribution in [0.5, 0.6) is 0 Å². The van der Waals surface area contributed by atoms with Crippen LogP contribution in [0.25, 0.3) is 5.82 Å². The molecule has 0 aliphatic rings. The zero-order valence-electron chi connectivity index (χ0n) is 20.0. The molecule has 2 heterocycles. The van der Waals surface area contributed by atoms with Crippen LogP contribution in [0.4, 0.5) is 39.5 Å². The van der Waals surface area contributed by atoms with Crippen molar-refractivity contribution >= 4 is 11.7 Å². The second-order valence-corrected chi connectivity index (χ2v) is 8.53. The number of rotatable bonds is 7. The molecule has 0 spiro atoms. The fourth-order valence-corrected chi connectivity index (χ4v) is 3.59. The monoisotopic (exact) mass is 567 g/mol. The molecule has 0 aliphatic carbocycles. The molecule has 39 heavy (non-hydrogen) atoms. The van der Waals surface area contributed by atoms with Crippen LogP contribution in [0.3, 0.4) is 0 Å². The summed E-state index contributed by atoms with van der Waals surface area (Å²) < 4.78 is 118. The van der Waals surface area contributed by atoms with Gasteiger partial charge in [-0.2, -0.15) is 49.3 Å². The molecule has 0 saturated carbocycles. The largest absolute Gasteiger partial charge is 0.416 e. The molecule has 2 aromatic heterocycles. The van der Waals surface area contributed by atoms with E-state index in [9.17, 15) is 49.1 Å². The van der Waals surface area contributed by atoms with Crippen LogP contribution in [-0.2, 0) is 12.4 Å². The summed E-state index contributed by atoms with van der Waals surface area (Å²) in [6.07, 6.45) is -13.3. The van der Waals surface area contributed by atoms with Gasteiger partial charge in [0.05, 0.1) is 11.1 Å². The van der Waals surface area contributed by atoms with Gasteiger partial charge in [0, 0.05) is 36.7 Å². The number of carbonyl (C=O) groups excluding carboxylic acids is 2. The molecule has 3 aromatic rings. The van der Waals surface area contributed by atoms with Gasteiger partial charge in [-0.25, -0.2) is 9.97 Å². The Morgan fingerprint density at radius 1 is 0.897 bits per heavy atom. The number of nitrogens with zero attached hydrogens (tertiary/aromatic N) is 5. The molecule has 1 aromatic carbocycles. The number of ketones is 1. The molecular formula is C23H18F9N5O2. The topological polar surface area (TPSA) is 81.0 Å². The molecule has 0 aliphatic heterocycles. The predicted octanol–water partition coefficient (Wildman–Crippen LogP) is 5.71. The highest BCUT2D eigenvalue weighted by molar-refractivity contribution is 5.97. The Labute approximate surface area is 214 Å². The number of halogens is 9. The number of alkyl halides is 9. The Kier molecular flexibility index (Phi) is 8.07. The first kappa shape index (κ1) is 29.6. The van der Waals surface area contributed by atoms with Crippen molar-refractivity contribution in [3.63, 3.8) is 0 Å². The van der Waals surface area contributed by atoms with E-state index in [1.54, 1.807) is 0 Å². The van der Waals surface area contributed by atoms with Crippen LogP contribution < -0.4 is 0 Å². The van der Waals surface area contributed by atoms with Crippen molar-refractivity contribution in [1.29, 1.82) is 0 Å². The molecule has 0 saturated heterocycles. The lowest BCUT2D eigenvalue weighted by Crippen LogP contribution is -2.35. The van der Waals surface area contributed by atoms with E-state index in [4.69, 9.17) is 0 Å². The third kappa shape index (κ3) is 7.32. The molecule has 0 fully saturated rings. The summed E-state index contributed by atoms with van der Waals surface area (Å²) in [6.45, 7) is -0.106. The number of pyridine rings is 1. The summed E-state index contributed by atoms with van der Waals surface area (Å²) >= 11 is 0. The van der Waals surface area contributed by atoms with Gasteiger partial charge in [-0.05, 0) is 30.3 Å². The molecule has 0 N–H and O–H groups in total. The first-order chi connectivity index (χ1) is 17.9. The van der Waals surface area contributed by atoms with Gasteiger partial charge in [0.15, 0.2) is 11.6 Å². The molecule has 1 amide bonds. The first-order valence-corrected chi connectivity index (χ1v) is 10.9. The molecular weight excluding hydrogens is 549 g/mol. The standard InChI is InChI=1S/C23H18F9N5O2/c1-12(5-17(38)14-6-15(22(27,28)29)9-16(7-14)23(30,31)32)19-34-11-35-37(19)18-8-13(3-4-33-18)20(39)36(2)10-21(24,25)26/h3-4,6-9,11-12H,5,10H2,1-2H3/t12-/m1/s1. The zero-order valence-corrected chi connectivity index (χ0v) is 20.0. The van der Waals surface area contributed by atoms with Crippen molar-refractivity contribution < 1.29 is 49.1 Å². The molecule has 210 valence electrons. The molecule has 16 heteroatoms. The van der Waals surface area contributed by atoms with E-state index in [2.05, 4.69) is 15.1 Å². The lowest BCUT2D eigenvalue weighted by atomic mass is 9.95. The number of hydrogen-bond donors (Lipinski definition) is 0. The van der Waals surface area contributed by atoms with Crippen LogP contribution in [0.1, 0.15) is 56.9 Å². The summed E-state index contributed by atoms with van der Waals surface area (Å²) in [6, 6.07) is 2.83. The van der Waals surface area contributed by atoms with E-state index in [1.807, 2.05) is 0 Å². The maximum absolute atomic E-state index is 13.2. The highest BCUT2D eigenvalue weighted by Gasteiger charge is 2.38. The van der Waals surface area contributed by atoms with E-state index in [1.165, 1.54) is 6.92 Å². The maximum atomic E-state index is 13.2. The van der Waals surface area contributed by atoms with Crippen LogP contribution in [-0.4, -0.2) is 56.1 Å². The Morgan fingerprint density at radius 2 is 1.49 bits per heavy atom. The second-order valence-electron chi connectivity index (χ2n) is 8.53. The number of hydrogen-bond acceptors (Lipinski definition) is 5. The maximum Gasteiger partial charge on any atom is 0.416 e. The van der Waals surface area contributed by atoms with Gasteiger partial charge >= 0.3 is 18.5 Å². The molecule has 0 radical (unpaired) electrons. The Hall–Kier alpha value is -3.98. The van der Waals surface area contributed by atoms with Crippen molar-refractivity contribution in [2.24, 2.45) is 0 Å². The fourth-order valence-electron chi connectivity index (χ4n) is 3.59. The van der Waals surface area contributed by atoms with Gasteiger partial charge in [-0.3, -0.25) is 9.59 Å². The minimum atomic E-state index is -5.13. The number of Topliss-reactive ketones (excluding diaryl/α,β-unsaturated/α-hetero) is 1. The first-order valence-electron chi connectivity index (χ1n) is 10.9. The molecule has 3 rings (SSSR count). The average molecular weight is 567 g/mol. The summed E-state index contributed by atoms with van der Waals surface area (Å²) in [5, 5.41) is 3.91. The number of benzene rings is 1. The lowest BCUT2D eigenvalue weighted by Gasteiger charge is -2.19. The van der Waals surface area contributed by atoms with Gasteiger partial charge in [-0.15, -0.1) is 0 Å². The Bertz CT molecular complexity index is 1330. The smallest absolute Gasteiger partial charge is 0.333 e.